The first-order valence-electron chi connectivity index (χ1n) is 27.0. The summed E-state index contributed by atoms with van der Waals surface area (Å²) in [5.74, 6) is -9.58. The zero-order valence-corrected chi connectivity index (χ0v) is 44.9. The highest BCUT2D eigenvalue weighted by atomic mass is 16.4. The number of H-pyrrole nitrogens is 1. The minimum absolute atomic E-state index is 0.0444. The Labute approximate surface area is 461 Å². The van der Waals surface area contributed by atoms with E-state index < -0.39 is 132 Å². The number of nitrogens with zero attached hydrogens (tertiary/aromatic N) is 5. The average molecular weight is 1120 g/mol. The topological polar surface area (TPSA) is 422 Å². The number of aliphatic carboxylic acids is 2. The quantitative estimate of drug-likeness (QED) is 0.0196. The maximum absolute atomic E-state index is 14.7. The molecule has 1 aromatic heterocycles. The van der Waals surface area contributed by atoms with Gasteiger partial charge in [-0.05, 0) is 68.9 Å². The number of carboxylic acids is 2. The molecule has 27 heteroatoms. The Morgan fingerprint density at radius 2 is 1.35 bits per heavy atom. The molecule has 0 bridgehead atoms. The standard InChI is InChI=1S/C53H74N14O13/c1-3-29(2)43(51(78)66-25-9-16-39(66)50(77)67-26-10-17-40(67)52(79)80)63-45(72)34(19-20-41(55)68)60-46(73)37-14-7-23-64(37)48(75)35(13-6-22-58-53(56)57)61-47(74)38-15-8-24-65(38)49(76)36(62-44(71)32(54)18-21-42(69)70)27-30-28-59-33-12-5-4-11-31(30)33/h4-5,8,10-12,15,17,28-29,32,34-40,43,59H,3,6-7,9,13-14,16,18-27,54H2,1-2H3,(H2,55,68)(H,60,73)(H,61,74)(H,62,71)(H,63,72)(H,69,70)(H,79,80)(H4,56,57,58)/t29?,32-,34-,35-,36-,37-,38-,39-,40-,43-/m0/s1. The predicted molar refractivity (Wildman–Crippen MR) is 289 cm³/mol. The Balaban J connectivity index is 1.18. The molecule has 0 saturated carbocycles. The third-order valence-corrected chi connectivity index (χ3v) is 15.0. The van der Waals surface area contributed by atoms with E-state index in [4.69, 9.17) is 22.9 Å². The molecule has 0 aliphatic carbocycles. The van der Waals surface area contributed by atoms with Crippen molar-refractivity contribution >= 4 is 82.0 Å². The summed E-state index contributed by atoms with van der Waals surface area (Å²) in [5, 5.41) is 30.5. The Bertz CT molecular complexity index is 2760. The summed E-state index contributed by atoms with van der Waals surface area (Å²) in [5.41, 5.74) is 24.1. The molecule has 2 aromatic rings. The van der Waals surface area contributed by atoms with Gasteiger partial charge in [0, 0.05) is 69.1 Å². The molecule has 15 N–H and O–H groups in total. The number of benzene rings is 1. The van der Waals surface area contributed by atoms with Crippen molar-refractivity contribution in [2.45, 2.75) is 145 Å². The highest BCUT2D eigenvalue weighted by Gasteiger charge is 2.45. The van der Waals surface area contributed by atoms with E-state index in [2.05, 4.69) is 31.2 Å². The molecule has 2 fully saturated rings. The van der Waals surface area contributed by atoms with Crippen LogP contribution in [-0.2, 0) is 59.2 Å². The molecule has 1 unspecified atom stereocenters. The van der Waals surface area contributed by atoms with Crippen molar-refractivity contribution in [3.8, 4) is 0 Å². The molecule has 0 spiro atoms. The summed E-state index contributed by atoms with van der Waals surface area (Å²) in [6.45, 7) is 3.76. The SMILES string of the molecule is CCC(C)[C@H](NC(=O)[C@H](CCC(N)=O)NC(=O)[C@@H]1CCCN1C(=O)[C@H](CCCN=C(N)N)NC(=O)[C@@H]1C=CCN1C(=O)[C@H](Cc1c[nH]c2ccccc12)NC(=O)[C@@H](N)CCC(=O)O)C(=O)N1CCC[C@H]1C(=O)N1CC=C[C@H]1C(=O)O. The summed E-state index contributed by atoms with van der Waals surface area (Å²) >= 11 is 0. The number of carbonyl (C=O) groups is 11. The highest BCUT2D eigenvalue weighted by Crippen LogP contribution is 2.27. The Morgan fingerprint density at radius 1 is 0.713 bits per heavy atom. The Hall–Kier alpha value is -8.36. The van der Waals surface area contributed by atoms with Crippen molar-refractivity contribution in [2.24, 2.45) is 33.8 Å². The number of carboxylic acid groups (broad SMARTS) is 2. The number of carbonyl (C=O) groups excluding carboxylic acids is 9. The summed E-state index contributed by atoms with van der Waals surface area (Å²) in [6, 6.07) is -3.94. The lowest BCUT2D eigenvalue weighted by Gasteiger charge is -2.34. The fraction of sp³-hybridized carbons (Fsp3) is 0.547. The number of aromatic amines is 1. The van der Waals surface area contributed by atoms with Crippen LogP contribution in [0.1, 0.15) is 90.0 Å². The van der Waals surface area contributed by atoms with Crippen molar-refractivity contribution < 1.29 is 63.0 Å². The first-order valence-corrected chi connectivity index (χ1v) is 27.0. The molecule has 2 saturated heterocycles. The van der Waals surface area contributed by atoms with Crippen molar-refractivity contribution in [1.82, 2.24) is 45.9 Å². The first kappa shape index (κ1) is 60.9. The molecule has 5 heterocycles. The molecule has 4 aliphatic heterocycles. The maximum atomic E-state index is 14.7. The molecule has 9 amide bonds. The van der Waals surface area contributed by atoms with Gasteiger partial charge in [-0.15, -0.1) is 0 Å². The number of likely N-dealkylation sites (tertiary alicyclic amines) is 2. The number of amides is 9. The van der Waals surface area contributed by atoms with Gasteiger partial charge in [0.15, 0.2) is 5.96 Å². The van der Waals surface area contributed by atoms with E-state index in [-0.39, 0.29) is 90.0 Å². The summed E-state index contributed by atoms with van der Waals surface area (Å²) in [7, 11) is 0. The molecular weight excluding hydrogens is 1040 g/mol. The fourth-order valence-corrected chi connectivity index (χ4v) is 10.5. The molecule has 80 heavy (non-hydrogen) atoms. The number of para-hydroxylation sites is 1. The highest BCUT2D eigenvalue weighted by molar-refractivity contribution is 6.00. The van der Waals surface area contributed by atoms with Gasteiger partial charge in [0.25, 0.3) is 0 Å². The van der Waals surface area contributed by atoms with Gasteiger partial charge in [-0.1, -0.05) is 62.8 Å². The molecule has 4 aliphatic rings. The van der Waals surface area contributed by atoms with Crippen LogP contribution in [0.3, 0.4) is 0 Å². The molecule has 6 rings (SSSR count). The van der Waals surface area contributed by atoms with Gasteiger partial charge in [0.1, 0.15) is 48.3 Å². The maximum Gasteiger partial charge on any atom is 0.330 e. The average Bonchev–Trinajstić information content (AvgIpc) is 4.32. The Morgan fingerprint density at radius 3 is 2.01 bits per heavy atom. The van der Waals surface area contributed by atoms with Gasteiger partial charge in [0.2, 0.25) is 53.2 Å². The van der Waals surface area contributed by atoms with E-state index in [9.17, 15) is 63.0 Å². The molecular formula is C53H74N14O13. The van der Waals surface area contributed by atoms with Crippen LogP contribution in [0.5, 0.6) is 0 Å². The van der Waals surface area contributed by atoms with Crippen LogP contribution < -0.4 is 44.2 Å². The largest absolute Gasteiger partial charge is 0.481 e. The van der Waals surface area contributed by atoms with Crippen LogP contribution in [0, 0.1) is 5.92 Å². The van der Waals surface area contributed by atoms with Gasteiger partial charge in [0.05, 0.1) is 6.04 Å². The lowest BCUT2D eigenvalue weighted by molar-refractivity contribution is -0.151. The summed E-state index contributed by atoms with van der Waals surface area (Å²) in [6.07, 6.45) is 8.05. The minimum Gasteiger partial charge on any atom is -0.481 e. The number of hydrogen-bond acceptors (Lipinski definition) is 13. The van der Waals surface area contributed by atoms with Gasteiger partial charge >= 0.3 is 11.9 Å². The smallest absolute Gasteiger partial charge is 0.330 e. The number of fused-ring (bicyclic) bond motifs is 1. The minimum atomic E-state index is -1.45. The third kappa shape index (κ3) is 15.3. The first-order chi connectivity index (χ1) is 38.1. The van der Waals surface area contributed by atoms with Crippen molar-refractivity contribution in [2.75, 3.05) is 32.7 Å². The lowest BCUT2D eigenvalue weighted by Crippen LogP contribution is -2.60. The van der Waals surface area contributed by atoms with E-state index in [1.165, 1.54) is 31.8 Å². The zero-order chi connectivity index (χ0) is 58.4. The second-order valence-corrected chi connectivity index (χ2v) is 20.6. The van der Waals surface area contributed by atoms with Crippen molar-refractivity contribution in [1.29, 1.82) is 0 Å². The number of primary amides is 1. The third-order valence-electron chi connectivity index (χ3n) is 15.0. The van der Waals surface area contributed by atoms with Crippen LogP contribution in [0.25, 0.3) is 10.9 Å². The van der Waals surface area contributed by atoms with Crippen LogP contribution in [0.2, 0.25) is 0 Å². The predicted octanol–water partition coefficient (Wildman–Crippen LogP) is -2.19. The fourth-order valence-electron chi connectivity index (χ4n) is 10.5. The van der Waals surface area contributed by atoms with Gasteiger partial charge in [-0.2, -0.15) is 0 Å². The van der Waals surface area contributed by atoms with Crippen LogP contribution in [0.15, 0.2) is 59.8 Å². The lowest BCUT2D eigenvalue weighted by atomic mass is 9.96. The van der Waals surface area contributed by atoms with E-state index in [1.807, 2.05) is 18.2 Å². The van der Waals surface area contributed by atoms with Gasteiger partial charge < -0.3 is 79.0 Å². The second-order valence-electron chi connectivity index (χ2n) is 20.6. The van der Waals surface area contributed by atoms with E-state index in [1.54, 1.807) is 38.3 Å². The molecule has 1 aromatic carbocycles. The van der Waals surface area contributed by atoms with Crippen molar-refractivity contribution in [3.05, 3.63) is 60.3 Å². The van der Waals surface area contributed by atoms with Crippen LogP contribution in [-0.4, -0.2) is 193 Å². The van der Waals surface area contributed by atoms with Gasteiger partial charge in [-0.25, -0.2) is 4.79 Å². The van der Waals surface area contributed by atoms with Crippen LogP contribution >= 0.6 is 0 Å². The second kappa shape index (κ2) is 28.0. The number of nitrogens with one attached hydrogen (secondary N) is 5. The zero-order valence-electron chi connectivity index (χ0n) is 44.9. The summed E-state index contributed by atoms with van der Waals surface area (Å²) < 4.78 is 0. The molecule has 0 radical (unpaired) electrons. The number of rotatable bonds is 27. The number of nitrogens with two attached hydrogens (primary N) is 4. The normalized spacial score (nSPS) is 20.8. The molecule has 10 atom stereocenters. The number of aliphatic imine (C=N–C) groups is 1. The molecule has 434 valence electrons. The number of hydrogen-bond donors (Lipinski definition) is 11. The van der Waals surface area contributed by atoms with E-state index >= 15 is 0 Å². The van der Waals surface area contributed by atoms with E-state index in [0.29, 0.717) is 24.8 Å². The van der Waals surface area contributed by atoms with Crippen LogP contribution in [0.4, 0.5) is 0 Å². The van der Waals surface area contributed by atoms with E-state index in [0.717, 1.165) is 10.9 Å². The molecule has 27 nitrogen and oxygen atoms in total. The number of guanidine groups is 1. The van der Waals surface area contributed by atoms with Crippen molar-refractivity contribution in [3.63, 3.8) is 0 Å². The van der Waals surface area contributed by atoms with Gasteiger partial charge in [-0.3, -0.25) is 52.9 Å². The summed E-state index contributed by atoms with van der Waals surface area (Å²) in [4.78, 5) is 161. The number of aromatic nitrogens is 1. The Kier molecular flexibility index (Phi) is 21.3. The monoisotopic (exact) mass is 1110 g/mol.